The van der Waals surface area contributed by atoms with Gasteiger partial charge in [-0.05, 0) is 24.6 Å². The second-order valence-corrected chi connectivity index (χ2v) is 4.91. The summed E-state index contributed by atoms with van der Waals surface area (Å²) in [5, 5.41) is 3.56. The molecule has 0 bridgehead atoms. The zero-order valence-electron chi connectivity index (χ0n) is 11.9. The molecule has 1 aromatic rings. The molecular weight excluding hydrogens is 240 g/mol. The van der Waals surface area contributed by atoms with Crippen molar-refractivity contribution in [1.82, 2.24) is 10.2 Å². The fourth-order valence-corrected chi connectivity index (χ4v) is 2.29. The molecule has 2 rings (SSSR count). The van der Waals surface area contributed by atoms with Crippen molar-refractivity contribution in [2.24, 2.45) is 0 Å². The second-order valence-electron chi connectivity index (χ2n) is 4.91. The molecule has 1 saturated heterocycles. The molecule has 1 heterocycles. The maximum absolute atomic E-state index is 5.35. The van der Waals surface area contributed by atoms with Gasteiger partial charge in [0.25, 0.3) is 0 Å². The van der Waals surface area contributed by atoms with Crippen LogP contribution in [0, 0.1) is 0 Å². The van der Waals surface area contributed by atoms with E-state index in [2.05, 4.69) is 29.3 Å². The topological polar surface area (TPSA) is 33.7 Å². The second kappa shape index (κ2) is 7.48. The Morgan fingerprint density at radius 1 is 1.37 bits per heavy atom. The van der Waals surface area contributed by atoms with Crippen molar-refractivity contribution in [2.45, 2.75) is 13.0 Å². The fraction of sp³-hybridized carbons (Fsp3) is 0.600. The lowest BCUT2D eigenvalue weighted by Gasteiger charge is -2.27. The zero-order valence-corrected chi connectivity index (χ0v) is 11.9. The summed E-state index contributed by atoms with van der Waals surface area (Å²) < 4.78 is 10.6. The standard InChI is InChI=1S/C15H24N2O2/c1-13(14-4-3-5-15(12-14)18-2)16-6-7-17-8-10-19-11-9-17/h3-5,12-13,16H,6-11H2,1-2H3/t13-/m1/s1. The Balaban J connectivity index is 1.75. The normalized spacial score (nSPS) is 18.2. The Bertz CT molecular complexity index is 378. The van der Waals surface area contributed by atoms with Crippen molar-refractivity contribution in [3.63, 3.8) is 0 Å². The predicted octanol–water partition coefficient (Wildman–Crippen LogP) is 1.68. The number of hydrogen-bond acceptors (Lipinski definition) is 4. The van der Waals surface area contributed by atoms with Gasteiger partial charge in [-0.1, -0.05) is 12.1 Å². The molecule has 1 aromatic carbocycles. The Morgan fingerprint density at radius 2 is 2.16 bits per heavy atom. The average Bonchev–Trinajstić information content (AvgIpc) is 2.48. The number of nitrogens with one attached hydrogen (secondary N) is 1. The lowest BCUT2D eigenvalue weighted by Crippen LogP contribution is -2.40. The van der Waals surface area contributed by atoms with Gasteiger partial charge in [0.2, 0.25) is 0 Å². The number of benzene rings is 1. The molecule has 1 fully saturated rings. The van der Waals surface area contributed by atoms with Crippen molar-refractivity contribution in [3.05, 3.63) is 29.8 Å². The van der Waals surface area contributed by atoms with Crippen molar-refractivity contribution < 1.29 is 9.47 Å². The minimum Gasteiger partial charge on any atom is -0.497 e. The van der Waals surface area contributed by atoms with Crippen molar-refractivity contribution >= 4 is 0 Å². The van der Waals surface area contributed by atoms with Crippen LogP contribution in [-0.4, -0.2) is 51.4 Å². The quantitative estimate of drug-likeness (QED) is 0.847. The van der Waals surface area contributed by atoms with Crippen LogP contribution < -0.4 is 10.1 Å². The third-order valence-electron chi connectivity index (χ3n) is 3.58. The van der Waals surface area contributed by atoms with Gasteiger partial charge in [0.15, 0.2) is 0 Å². The first-order valence-electron chi connectivity index (χ1n) is 6.97. The van der Waals surface area contributed by atoms with Gasteiger partial charge in [-0.15, -0.1) is 0 Å². The highest BCUT2D eigenvalue weighted by Gasteiger charge is 2.10. The van der Waals surface area contributed by atoms with Crippen LogP contribution in [-0.2, 0) is 4.74 Å². The van der Waals surface area contributed by atoms with Crippen molar-refractivity contribution in [1.29, 1.82) is 0 Å². The Labute approximate surface area is 115 Å². The van der Waals surface area contributed by atoms with Crippen LogP contribution in [0.5, 0.6) is 5.75 Å². The molecule has 106 valence electrons. The smallest absolute Gasteiger partial charge is 0.119 e. The van der Waals surface area contributed by atoms with Crippen LogP contribution in [0.4, 0.5) is 0 Å². The van der Waals surface area contributed by atoms with Crippen molar-refractivity contribution in [3.8, 4) is 5.75 Å². The number of hydrogen-bond donors (Lipinski definition) is 1. The molecule has 0 amide bonds. The summed E-state index contributed by atoms with van der Waals surface area (Å²) in [4.78, 5) is 2.44. The van der Waals surface area contributed by atoms with E-state index in [0.717, 1.165) is 45.1 Å². The summed E-state index contributed by atoms with van der Waals surface area (Å²) in [7, 11) is 1.70. The maximum Gasteiger partial charge on any atom is 0.119 e. The molecule has 1 atom stereocenters. The molecule has 0 aromatic heterocycles. The van der Waals surface area contributed by atoms with E-state index < -0.39 is 0 Å². The van der Waals surface area contributed by atoms with Crippen LogP contribution in [0.25, 0.3) is 0 Å². The van der Waals surface area contributed by atoms with Gasteiger partial charge in [0, 0.05) is 32.2 Å². The van der Waals surface area contributed by atoms with Gasteiger partial charge in [-0.25, -0.2) is 0 Å². The highest BCUT2D eigenvalue weighted by Crippen LogP contribution is 2.18. The molecule has 1 aliphatic heterocycles. The fourth-order valence-electron chi connectivity index (χ4n) is 2.29. The first kappa shape index (κ1) is 14.3. The van der Waals surface area contributed by atoms with Crippen LogP contribution in [0.2, 0.25) is 0 Å². The Hall–Kier alpha value is -1.10. The van der Waals surface area contributed by atoms with Crippen LogP contribution in [0.3, 0.4) is 0 Å². The number of ether oxygens (including phenoxy) is 2. The third-order valence-corrected chi connectivity index (χ3v) is 3.58. The summed E-state index contributed by atoms with van der Waals surface area (Å²) in [6.45, 7) is 8.10. The third kappa shape index (κ3) is 4.49. The van der Waals surface area contributed by atoms with E-state index in [1.54, 1.807) is 7.11 Å². The summed E-state index contributed by atoms with van der Waals surface area (Å²) in [6.07, 6.45) is 0. The van der Waals surface area contributed by atoms with Crippen LogP contribution in [0.15, 0.2) is 24.3 Å². The lowest BCUT2D eigenvalue weighted by molar-refractivity contribution is 0.0382. The van der Waals surface area contributed by atoms with Gasteiger partial charge in [0.05, 0.1) is 20.3 Å². The Kier molecular flexibility index (Phi) is 5.63. The van der Waals surface area contributed by atoms with Gasteiger partial charge in [-0.2, -0.15) is 0 Å². The Morgan fingerprint density at radius 3 is 2.89 bits per heavy atom. The molecule has 4 heteroatoms. The highest BCUT2D eigenvalue weighted by molar-refractivity contribution is 5.30. The largest absolute Gasteiger partial charge is 0.497 e. The molecular formula is C15H24N2O2. The molecule has 1 N–H and O–H groups in total. The molecule has 0 aliphatic carbocycles. The summed E-state index contributed by atoms with van der Waals surface area (Å²) in [5.74, 6) is 0.916. The molecule has 0 saturated carbocycles. The molecule has 1 aliphatic rings. The average molecular weight is 264 g/mol. The predicted molar refractivity (Wildman–Crippen MR) is 76.7 cm³/mol. The van der Waals surface area contributed by atoms with Crippen LogP contribution >= 0.6 is 0 Å². The van der Waals surface area contributed by atoms with Crippen LogP contribution in [0.1, 0.15) is 18.5 Å². The minimum atomic E-state index is 0.344. The van der Waals surface area contributed by atoms with E-state index in [9.17, 15) is 0 Å². The van der Waals surface area contributed by atoms with Crippen molar-refractivity contribution in [2.75, 3.05) is 46.5 Å². The van der Waals surface area contributed by atoms with E-state index in [0.29, 0.717) is 6.04 Å². The minimum absolute atomic E-state index is 0.344. The van der Waals surface area contributed by atoms with Gasteiger partial charge in [0.1, 0.15) is 5.75 Å². The summed E-state index contributed by atoms with van der Waals surface area (Å²) in [6, 6.07) is 8.58. The molecule has 19 heavy (non-hydrogen) atoms. The number of morpholine rings is 1. The zero-order chi connectivity index (χ0) is 13.5. The summed E-state index contributed by atoms with van der Waals surface area (Å²) in [5.41, 5.74) is 1.27. The van der Waals surface area contributed by atoms with E-state index in [1.807, 2.05) is 12.1 Å². The highest BCUT2D eigenvalue weighted by atomic mass is 16.5. The number of nitrogens with zero attached hydrogens (tertiary/aromatic N) is 1. The maximum atomic E-state index is 5.35. The molecule has 0 unspecified atom stereocenters. The van der Waals surface area contributed by atoms with Gasteiger partial charge < -0.3 is 14.8 Å². The van der Waals surface area contributed by atoms with E-state index in [-0.39, 0.29) is 0 Å². The number of rotatable bonds is 6. The molecule has 4 nitrogen and oxygen atoms in total. The first-order chi connectivity index (χ1) is 9.29. The van der Waals surface area contributed by atoms with E-state index in [1.165, 1.54) is 5.56 Å². The first-order valence-corrected chi connectivity index (χ1v) is 6.97. The molecule has 0 radical (unpaired) electrons. The van der Waals surface area contributed by atoms with E-state index in [4.69, 9.17) is 9.47 Å². The SMILES string of the molecule is COc1cccc([C@@H](C)NCCN2CCOCC2)c1. The van der Waals surface area contributed by atoms with Gasteiger partial charge >= 0.3 is 0 Å². The monoisotopic (exact) mass is 264 g/mol. The number of methoxy groups -OCH3 is 1. The lowest BCUT2D eigenvalue weighted by atomic mass is 10.1. The molecule has 0 spiro atoms. The summed E-state index contributed by atoms with van der Waals surface area (Å²) >= 11 is 0. The van der Waals surface area contributed by atoms with E-state index >= 15 is 0 Å². The van der Waals surface area contributed by atoms with Gasteiger partial charge in [-0.3, -0.25) is 4.90 Å².